The number of rotatable bonds is 3. The summed E-state index contributed by atoms with van der Waals surface area (Å²) >= 11 is 18.1. The third kappa shape index (κ3) is 3.75. The fourth-order valence-corrected chi connectivity index (χ4v) is 7.23. The minimum atomic E-state index is -0.273. The van der Waals surface area contributed by atoms with Crippen LogP contribution in [-0.2, 0) is 4.79 Å². The predicted molar refractivity (Wildman–Crippen MR) is 127 cm³/mol. The normalized spacial score (nSPS) is 25.8. The summed E-state index contributed by atoms with van der Waals surface area (Å²) in [4.78, 5) is 19.7. The van der Waals surface area contributed by atoms with Gasteiger partial charge in [0.25, 0.3) is 0 Å². The van der Waals surface area contributed by atoms with E-state index in [1.54, 1.807) is 16.7 Å². The van der Waals surface area contributed by atoms with Gasteiger partial charge in [-0.25, -0.2) is 9.89 Å². The third-order valence-electron chi connectivity index (χ3n) is 6.34. The molecule has 9 heteroatoms. The topological polar surface area (TPSA) is 56.7 Å². The lowest BCUT2D eigenvalue weighted by molar-refractivity contribution is -0.123. The second-order valence-electron chi connectivity index (χ2n) is 8.20. The van der Waals surface area contributed by atoms with Gasteiger partial charge < -0.3 is 10.6 Å². The molecule has 1 saturated heterocycles. The molecular formula is C19H26N4OS4. The molecule has 0 atom stereocenters. The number of aliphatic imine (C=N–C) groups is 1. The fraction of sp³-hybridized carbons (Fsp3) is 0.737. The molecule has 4 aliphatic rings. The maximum Gasteiger partial charge on any atom is 0.234 e. The van der Waals surface area contributed by atoms with Crippen LogP contribution >= 0.6 is 48.4 Å². The standard InChI is InChI=1S/C19H26N4OS4/c24-13(23-15(25)19(22-17(23)27)10-5-2-6-11-19)7-12-28-14-18(21-16(26)20-14)8-3-1-4-9-18/h1-12H2,(H,21,26)(H,22,27). The summed E-state index contributed by atoms with van der Waals surface area (Å²) < 4.78 is 0. The first kappa shape index (κ1) is 20.6. The molecule has 0 aromatic rings. The van der Waals surface area contributed by atoms with Crippen LogP contribution in [0.3, 0.4) is 0 Å². The largest absolute Gasteiger partial charge is 0.350 e. The molecular weight excluding hydrogens is 429 g/mol. The van der Waals surface area contributed by atoms with Crippen LogP contribution in [0.15, 0.2) is 4.99 Å². The Hall–Kier alpha value is -0.640. The van der Waals surface area contributed by atoms with Crippen LogP contribution < -0.4 is 10.6 Å². The first-order valence-corrected chi connectivity index (χ1v) is 12.4. The lowest BCUT2D eigenvalue weighted by Gasteiger charge is -2.34. The quantitative estimate of drug-likeness (QED) is 0.628. The number of carbonyl (C=O) groups excluding carboxylic acids is 1. The van der Waals surface area contributed by atoms with Crippen LogP contribution in [0, 0.1) is 0 Å². The van der Waals surface area contributed by atoms with Gasteiger partial charge in [0.1, 0.15) is 10.0 Å². The number of thiocarbonyl (C=S) groups is 3. The van der Waals surface area contributed by atoms with Crippen molar-refractivity contribution in [3.05, 3.63) is 0 Å². The van der Waals surface area contributed by atoms with Gasteiger partial charge in [-0.05, 0) is 50.1 Å². The number of hydrogen-bond acceptors (Lipinski definition) is 5. The molecule has 0 unspecified atom stereocenters. The van der Waals surface area contributed by atoms with Crippen molar-refractivity contribution in [2.45, 2.75) is 81.7 Å². The third-order valence-corrected chi connectivity index (χ3v) is 8.55. The second-order valence-corrected chi connectivity index (χ2v) is 10.4. The molecule has 1 amide bonds. The Morgan fingerprint density at radius 2 is 1.57 bits per heavy atom. The summed E-state index contributed by atoms with van der Waals surface area (Å²) in [6.45, 7) is 0. The minimum absolute atomic E-state index is 0.00993. The molecule has 0 radical (unpaired) electrons. The van der Waals surface area contributed by atoms with Crippen molar-refractivity contribution in [1.29, 1.82) is 0 Å². The molecule has 0 aromatic carbocycles. The number of thioether (sulfide) groups is 1. The number of amides is 1. The summed E-state index contributed by atoms with van der Waals surface area (Å²) in [7, 11) is 0. The maximum absolute atomic E-state index is 12.9. The van der Waals surface area contributed by atoms with E-state index in [0.29, 0.717) is 27.4 Å². The Labute approximate surface area is 186 Å². The van der Waals surface area contributed by atoms with E-state index >= 15 is 0 Å². The lowest BCUT2D eigenvalue weighted by Crippen LogP contribution is -2.49. The van der Waals surface area contributed by atoms with E-state index < -0.39 is 0 Å². The van der Waals surface area contributed by atoms with Crippen molar-refractivity contribution in [3.63, 3.8) is 0 Å². The van der Waals surface area contributed by atoms with Crippen LogP contribution in [0.5, 0.6) is 0 Å². The van der Waals surface area contributed by atoms with Crippen LogP contribution in [0.2, 0.25) is 0 Å². The lowest BCUT2D eigenvalue weighted by atomic mass is 9.82. The van der Waals surface area contributed by atoms with Gasteiger partial charge in [-0.1, -0.05) is 50.7 Å². The van der Waals surface area contributed by atoms with E-state index in [-0.39, 0.29) is 17.0 Å². The molecule has 4 rings (SSSR count). The van der Waals surface area contributed by atoms with E-state index in [0.717, 1.165) is 43.6 Å². The molecule has 3 fully saturated rings. The first-order chi connectivity index (χ1) is 13.5. The molecule has 2 aliphatic heterocycles. The second kappa shape index (κ2) is 8.24. The zero-order valence-corrected chi connectivity index (χ0v) is 19.2. The average Bonchev–Trinajstić information content (AvgIpc) is 3.09. The van der Waals surface area contributed by atoms with Gasteiger partial charge in [0.15, 0.2) is 10.2 Å². The Morgan fingerprint density at radius 3 is 2.21 bits per heavy atom. The Morgan fingerprint density at radius 1 is 0.964 bits per heavy atom. The molecule has 0 aromatic heterocycles. The Balaban J connectivity index is 1.35. The Bertz CT molecular complexity index is 738. The highest BCUT2D eigenvalue weighted by atomic mass is 32.2. The van der Waals surface area contributed by atoms with Crippen LogP contribution in [0.25, 0.3) is 0 Å². The molecule has 2 N–H and O–H groups in total. The maximum atomic E-state index is 12.9. The number of nitrogens with zero attached hydrogens (tertiary/aromatic N) is 2. The molecule has 2 aliphatic carbocycles. The molecule has 0 bridgehead atoms. The number of carbonyl (C=O) groups is 1. The smallest absolute Gasteiger partial charge is 0.234 e. The highest BCUT2D eigenvalue weighted by Crippen LogP contribution is 2.37. The minimum Gasteiger partial charge on any atom is -0.350 e. The van der Waals surface area contributed by atoms with E-state index in [9.17, 15) is 4.79 Å². The highest BCUT2D eigenvalue weighted by molar-refractivity contribution is 8.14. The molecule has 2 spiro atoms. The number of nitrogens with one attached hydrogen (secondary N) is 2. The zero-order chi connectivity index (χ0) is 19.8. The molecule has 2 heterocycles. The fourth-order valence-electron chi connectivity index (χ4n) is 4.84. The summed E-state index contributed by atoms with van der Waals surface area (Å²) in [6, 6.07) is 0. The van der Waals surface area contributed by atoms with Crippen LogP contribution in [-0.4, -0.2) is 47.9 Å². The van der Waals surface area contributed by atoms with E-state index in [2.05, 4.69) is 15.6 Å². The van der Waals surface area contributed by atoms with Gasteiger partial charge >= 0.3 is 0 Å². The molecule has 152 valence electrons. The summed E-state index contributed by atoms with van der Waals surface area (Å²) in [6.07, 6.45) is 11.6. The number of hydrogen-bond donors (Lipinski definition) is 2. The summed E-state index contributed by atoms with van der Waals surface area (Å²) in [5.74, 6) is 0.655. The monoisotopic (exact) mass is 454 g/mol. The predicted octanol–water partition coefficient (Wildman–Crippen LogP) is 3.85. The Kier molecular flexibility index (Phi) is 6.07. The van der Waals surface area contributed by atoms with Gasteiger partial charge in [0, 0.05) is 12.2 Å². The SMILES string of the molecule is O=C(CCSC1=NC(=S)NC12CCCCC2)N1C(=S)NC2(CCCCC2)C1=S. The first-order valence-electron chi connectivity index (χ1n) is 10.2. The van der Waals surface area contributed by atoms with Gasteiger partial charge in [0.05, 0.1) is 11.1 Å². The zero-order valence-electron chi connectivity index (χ0n) is 15.9. The van der Waals surface area contributed by atoms with Gasteiger partial charge in [0.2, 0.25) is 5.91 Å². The molecule has 5 nitrogen and oxygen atoms in total. The van der Waals surface area contributed by atoms with Crippen molar-refractivity contribution in [2.24, 2.45) is 4.99 Å². The molecule has 2 saturated carbocycles. The molecule has 28 heavy (non-hydrogen) atoms. The van der Waals surface area contributed by atoms with Crippen molar-refractivity contribution in [3.8, 4) is 0 Å². The van der Waals surface area contributed by atoms with Gasteiger partial charge in [-0.3, -0.25) is 4.79 Å². The van der Waals surface area contributed by atoms with Crippen molar-refractivity contribution in [1.82, 2.24) is 15.5 Å². The van der Waals surface area contributed by atoms with Crippen molar-refractivity contribution >= 4 is 74.6 Å². The summed E-state index contributed by atoms with van der Waals surface area (Å²) in [5.41, 5.74) is -0.361. The van der Waals surface area contributed by atoms with Crippen molar-refractivity contribution in [2.75, 3.05) is 5.75 Å². The highest BCUT2D eigenvalue weighted by Gasteiger charge is 2.48. The van der Waals surface area contributed by atoms with Crippen LogP contribution in [0.4, 0.5) is 0 Å². The van der Waals surface area contributed by atoms with Crippen molar-refractivity contribution < 1.29 is 4.79 Å². The summed E-state index contributed by atoms with van der Waals surface area (Å²) in [5, 5.41) is 8.91. The van der Waals surface area contributed by atoms with Gasteiger partial charge in [-0.15, -0.1) is 11.8 Å². The van der Waals surface area contributed by atoms with E-state index in [1.165, 1.54) is 25.7 Å². The van der Waals surface area contributed by atoms with Gasteiger partial charge in [-0.2, -0.15) is 0 Å². The average molecular weight is 455 g/mol. The van der Waals surface area contributed by atoms with E-state index in [4.69, 9.17) is 36.7 Å². The van der Waals surface area contributed by atoms with E-state index in [1.807, 2.05) is 0 Å². The van der Waals surface area contributed by atoms with Crippen LogP contribution in [0.1, 0.15) is 70.6 Å².